The lowest BCUT2D eigenvalue weighted by atomic mass is 10.2. The van der Waals surface area contributed by atoms with E-state index in [1.165, 1.54) is 14.0 Å². The number of hydrogen-bond acceptors (Lipinski definition) is 4. The van der Waals surface area contributed by atoms with E-state index < -0.39 is 22.0 Å². The van der Waals surface area contributed by atoms with Gasteiger partial charge in [-0.25, -0.2) is 8.42 Å². The second-order valence-electron chi connectivity index (χ2n) is 5.88. The van der Waals surface area contributed by atoms with Crippen LogP contribution in [0.3, 0.4) is 0 Å². The maximum atomic E-state index is 12.7. The molecule has 0 aliphatic heterocycles. The summed E-state index contributed by atoms with van der Waals surface area (Å²) in [7, 11) is -2.16. The third-order valence-corrected chi connectivity index (χ3v) is 5.34. The molecule has 0 unspecified atom stereocenters. The van der Waals surface area contributed by atoms with Gasteiger partial charge < -0.3 is 10.1 Å². The Labute approximate surface area is 158 Å². The van der Waals surface area contributed by atoms with Crippen molar-refractivity contribution in [1.82, 2.24) is 0 Å². The zero-order valence-corrected chi connectivity index (χ0v) is 16.6. The molecule has 0 saturated heterocycles. The van der Waals surface area contributed by atoms with Gasteiger partial charge in [-0.1, -0.05) is 11.6 Å². The summed E-state index contributed by atoms with van der Waals surface area (Å²) in [5.74, 6) is 0.146. The molecule has 2 aromatic rings. The van der Waals surface area contributed by atoms with Crippen LogP contribution in [-0.4, -0.2) is 33.7 Å². The lowest BCUT2D eigenvalue weighted by Gasteiger charge is -2.28. The van der Waals surface area contributed by atoms with Crippen LogP contribution in [0.2, 0.25) is 5.02 Å². The van der Waals surface area contributed by atoms with Gasteiger partial charge in [0, 0.05) is 10.7 Å². The van der Waals surface area contributed by atoms with Gasteiger partial charge in [-0.2, -0.15) is 0 Å². The number of aryl methyl sites for hydroxylation is 1. The molecule has 6 nitrogen and oxygen atoms in total. The lowest BCUT2D eigenvalue weighted by Crippen LogP contribution is -2.45. The number of rotatable bonds is 6. The maximum Gasteiger partial charge on any atom is 0.248 e. The highest BCUT2D eigenvalue weighted by atomic mass is 35.5. The van der Waals surface area contributed by atoms with Gasteiger partial charge in [0.05, 0.1) is 19.1 Å². The van der Waals surface area contributed by atoms with E-state index in [2.05, 4.69) is 5.32 Å². The van der Waals surface area contributed by atoms with Gasteiger partial charge in [-0.15, -0.1) is 0 Å². The Morgan fingerprint density at radius 1 is 1.19 bits per heavy atom. The average Bonchev–Trinajstić information content (AvgIpc) is 2.56. The molecule has 0 spiro atoms. The monoisotopic (exact) mass is 396 g/mol. The first-order valence-corrected chi connectivity index (χ1v) is 10.1. The summed E-state index contributed by atoms with van der Waals surface area (Å²) < 4.78 is 30.7. The number of methoxy groups -OCH3 is 1. The number of hydrogen-bond donors (Lipinski definition) is 1. The van der Waals surface area contributed by atoms with E-state index in [-0.39, 0.29) is 0 Å². The Kier molecular flexibility index (Phi) is 6.15. The number of halogens is 1. The van der Waals surface area contributed by atoms with E-state index in [1.807, 2.05) is 6.92 Å². The van der Waals surface area contributed by atoms with Crippen molar-refractivity contribution in [2.24, 2.45) is 0 Å². The minimum atomic E-state index is -3.68. The molecule has 1 amide bonds. The van der Waals surface area contributed by atoms with E-state index in [0.29, 0.717) is 22.1 Å². The summed E-state index contributed by atoms with van der Waals surface area (Å²) in [5, 5.41) is 3.31. The van der Waals surface area contributed by atoms with Crippen LogP contribution >= 0.6 is 11.6 Å². The van der Waals surface area contributed by atoms with Crippen molar-refractivity contribution in [3.63, 3.8) is 0 Å². The van der Waals surface area contributed by atoms with Gasteiger partial charge in [-0.05, 0) is 61.9 Å². The zero-order chi connectivity index (χ0) is 19.5. The van der Waals surface area contributed by atoms with Crippen LogP contribution in [0.25, 0.3) is 0 Å². The number of ether oxygens (including phenoxy) is 1. The molecule has 0 bridgehead atoms. The van der Waals surface area contributed by atoms with Crippen LogP contribution in [0.4, 0.5) is 11.4 Å². The summed E-state index contributed by atoms with van der Waals surface area (Å²) in [6, 6.07) is 10.6. The first-order chi connectivity index (χ1) is 12.1. The van der Waals surface area contributed by atoms with Crippen molar-refractivity contribution in [3.05, 3.63) is 53.1 Å². The van der Waals surface area contributed by atoms with Crippen molar-refractivity contribution in [1.29, 1.82) is 0 Å². The van der Waals surface area contributed by atoms with E-state index in [1.54, 1.807) is 42.5 Å². The molecule has 0 radical (unpaired) electrons. The fourth-order valence-electron chi connectivity index (χ4n) is 2.54. The molecule has 1 N–H and O–H groups in total. The van der Waals surface area contributed by atoms with Gasteiger partial charge in [0.15, 0.2) is 0 Å². The maximum absolute atomic E-state index is 12.7. The van der Waals surface area contributed by atoms with E-state index in [4.69, 9.17) is 16.3 Å². The highest BCUT2D eigenvalue weighted by molar-refractivity contribution is 7.92. The van der Waals surface area contributed by atoms with E-state index in [9.17, 15) is 13.2 Å². The minimum absolute atomic E-state index is 0.378. The van der Waals surface area contributed by atoms with Crippen molar-refractivity contribution in [3.8, 4) is 5.75 Å². The Bertz CT molecular complexity index is 898. The second-order valence-corrected chi connectivity index (χ2v) is 8.18. The minimum Gasteiger partial charge on any atom is -0.497 e. The molecule has 2 rings (SSSR count). The van der Waals surface area contributed by atoms with Crippen LogP contribution in [0.15, 0.2) is 42.5 Å². The van der Waals surface area contributed by atoms with Crippen LogP contribution in [0, 0.1) is 6.92 Å². The molecule has 140 valence electrons. The molecule has 0 aliphatic rings. The number of nitrogens with one attached hydrogen (secondary N) is 1. The quantitative estimate of drug-likeness (QED) is 0.811. The Morgan fingerprint density at radius 3 is 2.31 bits per heavy atom. The number of carbonyl (C=O) groups excluding carboxylic acids is 1. The number of nitrogens with zero attached hydrogens (tertiary/aromatic N) is 1. The summed E-state index contributed by atoms with van der Waals surface area (Å²) in [5.41, 5.74) is 1.74. The summed E-state index contributed by atoms with van der Waals surface area (Å²) in [6.45, 7) is 3.34. The highest BCUT2D eigenvalue weighted by Crippen LogP contribution is 2.25. The molecule has 0 fully saturated rings. The van der Waals surface area contributed by atoms with Gasteiger partial charge in [-0.3, -0.25) is 9.10 Å². The van der Waals surface area contributed by atoms with Crippen molar-refractivity contribution in [2.45, 2.75) is 19.9 Å². The van der Waals surface area contributed by atoms with Crippen LogP contribution in [0.5, 0.6) is 5.75 Å². The molecular weight excluding hydrogens is 376 g/mol. The van der Waals surface area contributed by atoms with Crippen LogP contribution in [-0.2, 0) is 14.8 Å². The predicted molar refractivity (Wildman–Crippen MR) is 105 cm³/mol. The highest BCUT2D eigenvalue weighted by Gasteiger charge is 2.29. The van der Waals surface area contributed by atoms with Crippen molar-refractivity contribution >= 4 is 38.9 Å². The predicted octanol–water partition coefficient (Wildman–Crippen LogP) is 3.45. The van der Waals surface area contributed by atoms with Crippen molar-refractivity contribution < 1.29 is 17.9 Å². The first kappa shape index (κ1) is 20.1. The average molecular weight is 397 g/mol. The Morgan fingerprint density at radius 2 is 1.81 bits per heavy atom. The van der Waals surface area contributed by atoms with Crippen molar-refractivity contribution in [2.75, 3.05) is 23.0 Å². The molecule has 26 heavy (non-hydrogen) atoms. The number of amides is 1. The molecule has 0 saturated carbocycles. The normalized spacial score (nSPS) is 12.3. The smallest absolute Gasteiger partial charge is 0.248 e. The lowest BCUT2D eigenvalue weighted by molar-refractivity contribution is -0.116. The molecule has 8 heteroatoms. The summed E-state index contributed by atoms with van der Waals surface area (Å²) in [4.78, 5) is 12.7. The summed E-state index contributed by atoms with van der Waals surface area (Å²) in [6.07, 6.45) is 1.06. The number of sulfonamides is 1. The first-order valence-electron chi connectivity index (χ1n) is 7.84. The standard InChI is InChI=1S/C18H21ClN2O4S/c1-12-11-14(19)5-10-17(12)20-18(22)13(2)21(26(4,23)24)15-6-8-16(25-3)9-7-15/h5-11,13H,1-4H3,(H,20,22)/t13-/m0/s1. The van der Waals surface area contributed by atoms with Gasteiger partial charge in [0.1, 0.15) is 11.8 Å². The molecule has 0 heterocycles. The SMILES string of the molecule is COc1ccc(N([C@@H](C)C(=O)Nc2ccc(Cl)cc2C)S(C)(=O)=O)cc1. The van der Waals surface area contributed by atoms with Gasteiger partial charge in [0.2, 0.25) is 15.9 Å². The number of benzene rings is 2. The van der Waals surface area contributed by atoms with Crippen LogP contribution in [0.1, 0.15) is 12.5 Å². The molecular formula is C18H21ClN2O4S. The second kappa shape index (κ2) is 7.97. The molecule has 1 atom stereocenters. The topological polar surface area (TPSA) is 75.7 Å². The molecule has 2 aromatic carbocycles. The third kappa shape index (κ3) is 4.68. The van der Waals surface area contributed by atoms with E-state index >= 15 is 0 Å². The number of anilines is 2. The van der Waals surface area contributed by atoms with E-state index in [0.717, 1.165) is 16.1 Å². The fraction of sp³-hybridized carbons (Fsp3) is 0.278. The summed E-state index contributed by atoms with van der Waals surface area (Å²) >= 11 is 5.92. The van der Waals surface area contributed by atoms with Gasteiger partial charge in [0.25, 0.3) is 0 Å². The third-order valence-electron chi connectivity index (χ3n) is 3.86. The molecule has 0 aromatic heterocycles. The zero-order valence-electron chi connectivity index (χ0n) is 15.0. The van der Waals surface area contributed by atoms with Crippen LogP contribution < -0.4 is 14.4 Å². The largest absolute Gasteiger partial charge is 0.497 e. The Hall–Kier alpha value is -2.25. The fourth-order valence-corrected chi connectivity index (χ4v) is 3.94. The Balaban J connectivity index is 2.30. The van der Waals surface area contributed by atoms with Gasteiger partial charge >= 0.3 is 0 Å². The molecule has 0 aliphatic carbocycles. The number of carbonyl (C=O) groups is 1.